The van der Waals surface area contributed by atoms with Gasteiger partial charge in [-0.3, -0.25) is 4.68 Å². The van der Waals surface area contributed by atoms with Crippen LogP contribution in [0.4, 0.5) is 8.78 Å². The third kappa shape index (κ3) is 3.67. The van der Waals surface area contributed by atoms with E-state index in [-0.39, 0.29) is 6.04 Å². The molecule has 1 unspecified atom stereocenters. The lowest BCUT2D eigenvalue weighted by Gasteiger charge is -2.19. The van der Waals surface area contributed by atoms with Crippen LogP contribution in [0.25, 0.3) is 0 Å². The molecule has 21 heavy (non-hydrogen) atoms. The van der Waals surface area contributed by atoms with Gasteiger partial charge in [-0.05, 0) is 50.6 Å². The number of nitrogens with zero attached hydrogens (tertiary/aromatic N) is 2. The summed E-state index contributed by atoms with van der Waals surface area (Å²) in [5.41, 5.74) is 2.79. The molecule has 0 bridgehead atoms. The van der Waals surface area contributed by atoms with Crippen LogP contribution in [0.3, 0.4) is 0 Å². The lowest BCUT2D eigenvalue weighted by molar-refractivity contribution is 0.483. The van der Waals surface area contributed by atoms with Crippen molar-refractivity contribution >= 4 is 0 Å². The van der Waals surface area contributed by atoms with Crippen LogP contribution in [0.15, 0.2) is 24.3 Å². The van der Waals surface area contributed by atoms with E-state index in [1.807, 2.05) is 31.5 Å². The van der Waals surface area contributed by atoms with Crippen molar-refractivity contribution in [3.63, 3.8) is 0 Å². The molecule has 0 amide bonds. The fourth-order valence-corrected chi connectivity index (χ4v) is 2.53. The van der Waals surface area contributed by atoms with Gasteiger partial charge in [-0.25, -0.2) is 8.78 Å². The number of nitrogens with one attached hydrogen (secondary N) is 1. The summed E-state index contributed by atoms with van der Waals surface area (Å²) in [6, 6.07) is 6.13. The molecular weight excluding hydrogens is 272 g/mol. The lowest BCUT2D eigenvalue weighted by Crippen LogP contribution is -2.25. The van der Waals surface area contributed by atoms with E-state index in [0.29, 0.717) is 6.42 Å². The number of rotatable bonds is 6. The molecule has 0 radical (unpaired) electrons. The van der Waals surface area contributed by atoms with Crippen LogP contribution in [-0.4, -0.2) is 16.3 Å². The maximum Gasteiger partial charge on any atom is 0.159 e. The Kier molecular flexibility index (Phi) is 5.07. The first-order valence-electron chi connectivity index (χ1n) is 7.26. The van der Waals surface area contributed by atoms with Gasteiger partial charge in [0.15, 0.2) is 11.6 Å². The average molecular weight is 293 g/mol. The van der Waals surface area contributed by atoms with E-state index in [9.17, 15) is 8.78 Å². The fraction of sp³-hybridized carbons (Fsp3) is 0.438. The molecule has 2 rings (SSSR count). The molecule has 1 atom stereocenters. The summed E-state index contributed by atoms with van der Waals surface area (Å²) in [6.07, 6.45) is 0.593. The summed E-state index contributed by atoms with van der Waals surface area (Å²) in [5.74, 6) is -1.61. The first-order chi connectivity index (χ1) is 10.0. The monoisotopic (exact) mass is 293 g/mol. The Balaban J connectivity index is 2.27. The predicted octanol–water partition coefficient (Wildman–Crippen LogP) is 3.38. The zero-order valence-corrected chi connectivity index (χ0v) is 12.7. The average Bonchev–Trinajstić information content (AvgIpc) is 2.83. The Labute approximate surface area is 124 Å². The van der Waals surface area contributed by atoms with E-state index in [4.69, 9.17) is 0 Å². The molecule has 0 aliphatic carbocycles. The van der Waals surface area contributed by atoms with Gasteiger partial charge in [0.25, 0.3) is 0 Å². The molecule has 0 spiro atoms. The van der Waals surface area contributed by atoms with Crippen LogP contribution in [0, 0.1) is 18.6 Å². The maximum atomic E-state index is 13.4. The van der Waals surface area contributed by atoms with Crippen molar-refractivity contribution in [1.82, 2.24) is 15.1 Å². The molecule has 0 saturated carbocycles. The summed E-state index contributed by atoms with van der Waals surface area (Å²) in [6.45, 7) is 7.59. The van der Waals surface area contributed by atoms with Gasteiger partial charge in [-0.2, -0.15) is 5.10 Å². The number of likely N-dealkylation sites (N-methyl/N-ethyl adjacent to an activating group) is 1. The van der Waals surface area contributed by atoms with Gasteiger partial charge in [0.1, 0.15) is 0 Å². The highest BCUT2D eigenvalue weighted by atomic mass is 19.2. The summed E-state index contributed by atoms with van der Waals surface area (Å²) in [4.78, 5) is 0. The quantitative estimate of drug-likeness (QED) is 0.885. The molecule has 1 aromatic carbocycles. The number of aryl methyl sites for hydroxylation is 2. The third-order valence-electron chi connectivity index (χ3n) is 3.46. The number of halogens is 2. The Morgan fingerprint density at radius 1 is 1.19 bits per heavy atom. The minimum atomic E-state index is -0.812. The normalized spacial score (nSPS) is 12.6. The number of hydrogen-bond donors (Lipinski definition) is 1. The zero-order chi connectivity index (χ0) is 15.4. The molecule has 1 heterocycles. The number of hydrogen-bond acceptors (Lipinski definition) is 2. The van der Waals surface area contributed by atoms with Crippen LogP contribution in [-0.2, 0) is 13.0 Å². The summed E-state index contributed by atoms with van der Waals surface area (Å²) >= 11 is 0. The Bertz CT molecular complexity index is 608. The second kappa shape index (κ2) is 6.80. The predicted molar refractivity (Wildman–Crippen MR) is 79.1 cm³/mol. The van der Waals surface area contributed by atoms with Crippen molar-refractivity contribution in [3.05, 3.63) is 52.9 Å². The first-order valence-corrected chi connectivity index (χ1v) is 7.26. The standard InChI is InChI=1S/C16H21F2N3/c1-4-19-15(16-8-11(3)20-21(16)5-2)10-12-6-7-13(17)14(18)9-12/h6-9,15,19H,4-5,10H2,1-3H3. The molecule has 2 aromatic rings. The maximum absolute atomic E-state index is 13.4. The van der Waals surface area contributed by atoms with Gasteiger partial charge < -0.3 is 5.32 Å². The van der Waals surface area contributed by atoms with Gasteiger partial charge in [0.05, 0.1) is 17.4 Å². The lowest BCUT2D eigenvalue weighted by atomic mass is 10.0. The van der Waals surface area contributed by atoms with Crippen molar-refractivity contribution in [2.45, 2.75) is 39.8 Å². The van der Waals surface area contributed by atoms with Gasteiger partial charge in [0, 0.05) is 6.54 Å². The molecular formula is C16H21F2N3. The highest BCUT2D eigenvalue weighted by molar-refractivity contribution is 5.22. The van der Waals surface area contributed by atoms with Crippen molar-refractivity contribution in [3.8, 4) is 0 Å². The van der Waals surface area contributed by atoms with E-state index in [2.05, 4.69) is 10.4 Å². The highest BCUT2D eigenvalue weighted by Gasteiger charge is 2.17. The van der Waals surface area contributed by atoms with Crippen molar-refractivity contribution in [2.24, 2.45) is 0 Å². The van der Waals surface area contributed by atoms with Crippen LogP contribution in [0.1, 0.15) is 36.8 Å². The molecule has 0 aliphatic rings. The minimum Gasteiger partial charge on any atom is -0.309 e. The van der Waals surface area contributed by atoms with Gasteiger partial charge >= 0.3 is 0 Å². The molecule has 3 nitrogen and oxygen atoms in total. The van der Waals surface area contributed by atoms with Gasteiger partial charge in [-0.15, -0.1) is 0 Å². The Hall–Kier alpha value is -1.75. The molecule has 1 aromatic heterocycles. The Morgan fingerprint density at radius 3 is 2.57 bits per heavy atom. The molecule has 0 saturated heterocycles. The number of benzene rings is 1. The van der Waals surface area contributed by atoms with Crippen molar-refractivity contribution in [1.29, 1.82) is 0 Å². The minimum absolute atomic E-state index is 0.0287. The van der Waals surface area contributed by atoms with E-state index >= 15 is 0 Å². The smallest absolute Gasteiger partial charge is 0.159 e. The third-order valence-corrected chi connectivity index (χ3v) is 3.46. The second-order valence-electron chi connectivity index (χ2n) is 5.09. The van der Waals surface area contributed by atoms with Crippen molar-refractivity contribution < 1.29 is 8.78 Å². The summed E-state index contributed by atoms with van der Waals surface area (Å²) in [7, 11) is 0. The molecule has 114 valence electrons. The second-order valence-corrected chi connectivity index (χ2v) is 5.09. The molecule has 5 heteroatoms. The van der Waals surface area contributed by atoms with Crippen LogP contribution >= 0.6 is 0 Å². The van der Waals surface area contributed by atoms with Gasteiger partial charge in [0.2, 0.25) is 0 Å². The Morgan fingerprint density at radius 2 is 1.95 bits per heavy atom. The SMILES string of the molecule is CCNC(Cc1ccc(F)c(F)c1)c1cc(C)nn1CC. The summed E-state index contributed by atoms with van der Waals surface area (Å²) < 4.78 is 28.3. The summed E-state index contributed by atoms with van der Waals surface area (Å²) in [5, 5.41) is 7.84. The highest BCUT2D eigenvalue weighted by Crippen LogP contribution is 2.21. The van der Waals surface area contributed by atoms with Gasteiger partial charge in [-0.1, -0.05) is 13.0 Å². The number of aromatic nitrogens is 2. The first kappa shape index (κ1) is 15.6. The van der Waals surface area contributed by atoms with Crippen LogP contribution in [0.2, 0.25) is 0 Å². The van der Waals surface area contributed by atoms with Crippen LogP contribution in [0.5, 0.6) is 0 Å². The molecule has 0 fully saturated rings. The molecule has 1 N–H and O–H groups in total. The van der Waals surface area contributed by atoms with E-state index < -0.39 is 11.6 Å². The van der Waals surface area contributed by atoms with Crippen LogP contribution < -0.4 is 5.32 Å². The largest absolute Gasteiger partial charge is 0.309 e. The molecule has 0 aliphatic heterocycles. The topological polar surface area (TPSA) is 29.9 Å². The fourth-order valence-electron chi connectivity index (χ4n) is 2.53. The van der Waals surface area contributed by atoms with E-state index in [0.717, 1.165) is 30.0 Å². The zero-order valence-electron chi connectivity index (χ0n) is 12.7. The van der Waals surface area contributed by atoms with E-state index in [1.54, 1.807) is 6.07 Å². The van der Waals surface area contributed by atoms with E-state index in [1.165, 1.54) is 12.1 Å². The van der Waals surface area contributed by atoms with Crippen molar-refractivity contribution in [2.75, 3.05) is 6.54 Å².